The van der Waals surface area contributed by atoms with Gasteiger partial charge in [0.05, 0.1) is 6.10 Å². The minimum atomic E-state index is -0.707. The fourth-order valence-electron chi connectivity index (χ4n) is 3.09. The lowest BCUT2D eigenvalue weighted by molar-refractivity contribution is 0.117. The Balaban J connectivity index is 1.81. The molecule has 0 spiro atoms. The van der Waals surface area contributed by atoms with E-state index >= 15 is 0 Å². The summed E-state index contributed by atoms with van der Waals surface area (Å²) in [5.74, 6) is 0.540. The highest BCUT2D eigenvalue weighted by Gasteiger charge is 2.22. The van der Waals surface area contributed by atoms with Crippen molar-refractivity contribution in [3.63, 3.8) is 0 Å². The second-order valence-electron chi connectivity index (χ2n) is 6.22. The van der Waals surface area contributed by atoms with Crippen molar-refractivity contribution in [1.29, 1.82) is 0 Å². The van der Waals surface area contributed by atoms with E-state index in [1.165, 1.54) is 31.7 Å². The van der Waals surface area contributed by atoms with E-state index in [2.05, 4.69) is 18.9 Å². The molecule has 3 heteroatoms. The van der Waals surface area contributed by atoms with Crippen molar-refractivity contribution >= 4 is 0 Å². The maximum absolute atomic E-state index is 13.6. The van der Waals surface area contributed by atoms with E-state index in [4.69, 9.17) is 0 Å². The van der Waals surface area contributed by atoms with Crippen LogP contribution in [0.2, 0.25) is 0 Å². The van der Waals surface area contributed by atoms with Crippen molar-refractivity contribution in [1.82, 2.24) is 4.90 Å². The molecule has 1 aliphatic carbocycles. The largest absolute Gasteiger partial charge is 0.388 e. The Morgan fingerprint density at radius 1 is 1.25 bits per heavy atom. The second kappa shape index (κ2) is 7.19. The van der Waals surface area contributed by atoms with Crippen molar-refractivity contribution in [2.75, 3.05) is 13.6 Å². The summed E-state index contributed by atoms with van der Waals surface area (Å²) in [6.45, 7) is 3.13. The molecule has 1 atom stereocenters. The van der Waals surface area contributed by atoms with Gasteiger partial charge in [-0.05, 0) is 51.1 Å². The summed E-state index contributed by atoms with van der Waals surface area (Å²) in [5, 5.41) is 10.1. The van der Waals surface area contributed by atoms with Crippen LogP contribution in [0.4, 0.5) is 4.39 Å². The van der Waals surface area contributed by atoms with Gasteiger partial charge in [0.25, 0.3) is 0 Å². The zero-order valence-electron chi connectivity index (χ0n) is 12.6. The highest BCUT2D eigenvalue weighted by molar-refractivity contribution is 5.19. The highest BCUT2D eigenvalue weighted by atomic mass is 19.1. The van der Waals surface area contributed by atoms with E-state index in [0.29, 0.717) is 18.0 Å². The molecule has 1 N–H and O–H groups in total. The van der Waals surface area contributed by atoms with Crippen molar-refractivity contribution in [3.8, 4) is 0 Å². The number of rotatable bonds is 5. The topological polar surface area (TPSA) is 23.5 Å². The molecule has 1 aliphatic rings. The van der Waals surface area contributed by atoms with Gasteiger partial charge in [-0.25, -0.2) is 4.39 Å². The van der Waals surface area contributed by atoms with Crippen LogP contribution in [-0.2, 0) is 0 Å². The molecule has 0 bridgehead atoms. The van der Waals surface area contributed by atoms with Gasteiger partial charge in [-0.3, -0.25) is 0 Å². The highest BCUT2D eigenvalue weighted by Crippen LogP contribution is 2.27. The average Bonchev–Trinajstić information content (AvgIpc) is 2.45. The first-order valence-corrected chi connectivity index (χ1v) is 7.70. The van der Waals surface area contributed by atoms with Crippen LogP contribution in [0.5, 0.6) is 0 Å². The summed E-state index contributed by atoms with van der Waals surface area (Å²) >= 11 is 0. The fraction of sp³-hybridized carbons (Fsp3) is 0.647. The molecular weight excluding hydrogens is 253 g/mol. The summed E-state index contributed by atoms with van der Waals surface area (Å²) < 4.78 is 13.6. The zero-order chi connectivity index (χ0) is 14.5. The smallest absolute Gasteiger partial charge is 0.128 e. The van der Waals surface area contributed by atoms with Crippen LogP contribution in [-0.4, -0.2) is 29.6 Å². The number of nitrogens with zero attached hydrogens (tertiary/aromatic N) is 1. The molecule has 2 rings (SSSR count). The molecule has 20 heavy (non-hydrogen) atoms. The minimum Gasteiger partial charge on any atom is -0.388 e. The molecule has 112 valence electrons. The fourth-order valence-corrected chi connectivity index (χ4v) is 3.09. The van der Waals surface area contributed by atoms with Crippen LogP contribution >= 0.6 is 0 Å². The van der Waals surface area contributed by atoms with Gasteiger partial charge >= 0.3 is 0 Å². The maximum Gasteiger partial charge on any atom is 0.128 e. The average molecular weight is 279 g/mol. The number of hydrogen-bond donors (Lipinski definition) is 1. The van der Waals surface area contributed by atoms with E-state index < -0.39 is 6.10 Å². The van der Waals surface area contributed by atoms with Gasteiger partial charge in [0.2, 0.25) is 0 Å². The summed E-state index contributed by atoms with van der Waals surface area (Å²) in [6, 6.07) is 7.13. The standard InChI is InChI=1S/C17H26FNO/c1-13-7-9-14(10-8-13)19(2)12-11-17(20)15-5-3-4-6-16(15)18/h3-6,13-14,17,20H,7-12H2,1-2H3. The molecule has 1 unspecified atom stereocenters. The van der Waals surface area contributed by atoms with Crippen LogP contribution in [0.25, 0.3) is 0 Å². The minimum absolute atomic E-state index is 0.311. The molecule has 0 amide bonds. The lowest BCUT2D eigenvalue weighted by atomic mass is 9.86. The summed E-state index contributed by atoms with van der Waals surface area (Å²) in [5.41, 5.74) is 0.415. The Hall–Kier alpha value is -0.930. The van der Waals surface area contributed by atoms with Gasteiger partial charge in [0.15, 0.2) is 0 Å². The molecule has 1 aromatic rings. The Kier molecular flexibility index (Phi) is 5.55. The Morgan fingerprint density at radius 3 is 2.55 bits per heavy atom. The van der Waals surface area contributed by atoms with Crippen LogP contribution in [0.15, 0.2) is 24.3 Å². The van der Waals surface area contributed by atoms with Gasteiger partial charge in [-0.1, -0.05) is 25.1 Å². The normalized spacial score (nSPS) is 24.9. The van der Waals surface area contributed by atoms with Gasteiger partial charge in [0.1, 0.15) is 5.82 Å². The van der Waals surface area contributed by atoms with Crippen molar-refractivity contribution < 1.29 is 9.50 Å². The Bertz CT molecular complexity index is 415. The molecule has 1 saturated carbocycles. The summed E-state index contributed by atoms with van der Waals surface area (Å²) in [7, 11) is 2.12. The SMILES string of the molecule is CC1CCC(N(C)CCC(O)c2ccccc2F)CC1. The molecule has 0 heterocycles. The number of benzene rings is 1. The predicted octanol–water partition coefficient (Wildman–Crippen LogP) is 3.76. The quantitative estimate of drug-likeness (QED) is 0.887. The molecular formula is C17H26FNO. The van der Waals surface area contributed by atoms with Crippen LogP contribution in [0, 0.1) is 11.7 Å². The number of halogens is 1. The van der Waals surface area contributed by atoms with Crippen LogP contribution in [0.3, 0.4) is 0 Å². The molecule has 1 aromatic carbocycles. The molecule has 0 aromatic heterocycles. The second-order valence-corrected chi connectivity index (χ2v) is 6.22. The van der Waals surface area contributed by atoms with E-state index in [1.54, 1.807) is 18.2 Å². The molecule has 1 fully saturated rings. The van der Waals surface area contributed by atoms with Crippen LogP contribution < -0.4 is 0 Å². The van der Waals surface area contributed by atoms with Gasteiger partial charge in [-0.2, -0.15) is 0 Å². The molecule has 0 saturated heterocycles. The van der Waals surface area contributed by atoms with Gasteiger partial charge in [-0.15, -0.1) is 0 Å². The monoisotopic (exact) mass is 279 g/mol. The van der Waals surface area contributed by atoms with E-state index in [-0.39, 0.29) is 5.82 Å². The van der Waals surface area contributed by atoms with E-state index in [0.717, 1.165) is 12.5 Å². The number of hydrogen-bond acceptors (Lipinski definition) is 2. The van der Waals surface area contributed by atoms with E-state index in [9.17, 15) is 9.50 Å². The number of aliphatic hydroxyl groups is 1. The van der Waals surface area contributed by atoms with Gasteiger partial charge < -0.3 is 10.0 Å². The van der Waals surface area contributed by atoms with Crippen molar-refractivity contribution in [2.24, 2.45) is 5.92 Å². The maximum atomic E-state index is 13.6. The predicted molar refractivity (Wildman–Crippen MR) is 80.0 cm³/mol. The lowest BCUT2D eigenvalue weighted by Crippen LogP contribution is -2.36. The third-order valence-electron chi connectivity index (χ3n) is 4.63. The first kappa shape index (κ1) is 15.5. The van der Waals surface area contributed by atoms with Crippen LogP contribution in [0.1, 0.15) is 50.7 Å². The zero-order valence-corrected chi connectivity index (χ0v) is 12.6. The van der Waals surface area contributed by atoms with E-state index in [1.807, 2.05) is 0 Å². The summed E-state index contributed by atoms with van der Waals surface area (Å²) in [4.78, 5) is 2.33. The molecule has 0 radical (unpaired) electrons. The first-order valence-electron chi connectivity index (χ1n) is 7.70. The third-order valence-corrected chi connectivity index (χ3v) is 4.63. The van der Waals surface area contributed by atoms with Gasteiger partial charge in [0, 0.05) is 18.2 Å². The number of aliphatic hydroxyl groups excluding tert-OH is 1. The van der Waals surface area contributed by atoms with Crippen molar-refractivity contribution in [2.45, 2.75) is 51.2 Å². The lowest BCUT2D eigenvalue weighted by Gasteiger charge is -2.34. The first-order chi connectivity index (χ1) is 9.58. The van der Waals surface area contributed by atoms with Crippen molar-refractivity contribution in [3.05, 3.63) is 35.6 Å². The molecule has 2 nitrogen and oxygen atoms in total. The Labute approximate surface area is 121 Å². The molecule has 0 aliphatic heterocycles. The summed E-state index contributed by atoms with van der Waals surface area (Å²) in [6.07, 6.45) is 4.96. The Morgan fingerprint density at radius 2 is 1.90 bits per heavy atom. The third kappa shape index (κ3) is 4.03.